The molecule has 3 N–H and O–H groups in total. The van der Waals surface area contributed by atoms with Crippen LogP contribution in [0.5, 0.6) is 11.5 Å². The summed E-state index contributed by atoms with van der Waals surface area (Å²) in [5.41, 5.74) is 5.89. The lowest BCUT2D eigenvalue weighted by Gasteiger charge is -2.09. The molecule has 0 saturated heterocycles. The highest BCUT2D eigenvalue weighted by Crippen LogP contribution is 2.22. The summed E-state index contributed by atoms with van der Waals surface area (Å²) < 4.78 is 32.3. The van der Waals surface area contributed by atoms with Gasteiger partial charge in [0.1, 0.15) is 18.1 Å². The summed E-state index contributed by atoms with van der Waals surface area (Å²) >= 11 is 0. The van der Waals surface area contributed by atoms with Crippen molar-refractivity contribution in [3.05, 3.63) is 23.8 Å². The summed E-state index contributed by atoms with van der Waals surface area (Å²) in [6.45, 7) is 0.0155. The van der Waals surface area contributed by atoms with E-state index in [2.05, 4.69) is 5.16 Å². The highest BCUT2D eigenvalue weighted by atomic mass is 32.2. The minimum atomic E-state index is -3.09. The number of sulfone groups is 1. The summed E-state index contributed by atoms with van der Waals surface area (Å²) in [5.74, 6) is 0.651. The van der Waals surface area contributed by atoms with Crippen molar-refractivity contribution >= 4 is 15.7 Å². The SMILES string of the molecule is COc1cc(OCCS(C)(=O)=O)cc(/C(N)=N/O)c1. The van der Waals surface area contributed by atoms with Gasteiger partial charge < -0.3 is 20.4 Å². The van der Waals surface area contributed by atoms with Gasteiger partial charge in [0.05, 0.1) is 12.9 Å². The van der Waals surface area contributed by atoms with Gasteiger partial charge >= 0.3 is 0 Å². The van der Waals surface area contributed by atoms with Gasteiger partial charge in [0.25, 0.3) is 0 Å². The van der Waals surface area contributed by atoms with Gasteiger partial charge in [0.15, 0.2) is 15.7 Å². The standard InChI is InChI=1S/C11H16N2O5S/c1-17-9-5-8(11(12)13-14)6-10(7-9)18-3-4-19(2,15)16/h5-7,14H,3-4H2,1-2H3,(H2,12,13). The summed E-state index contributed by atoms with van der Waals surface area (Å²) in [6.07, 6.45) is 1.13. The molecule has 19 heavy (non-hydrogen) atoms. The van der Waals surface area contributed by atoms with Crippen molar-refractivity contribution in [2.75, 3.05) is 25.7 Å². The Hall–Kier alpha value is -1.96. The van der Waals surface area contributed by atoms with Gasteiger partial charge in [-0.15, -0.1) is 0 Å². The van der Waals surface area contributed by atoms with E-state index in [4.69, 9.17) is 20.4 Å². The molecule has 7 nitrogen and oxygen atoms in total. The largest absolute Gasteiger partial charge is 0.497 e. The van der Waals surface area contributed by atoms with Crippen molar-refractivity contribution in [2.24, 2.45) is 10.9 Å². The van der Waals surface area contributed by atoms with E-state index in [9.17, 15) is 8.42 Å². The van der Waals surface area contributed by atoms with Crippen LogP contribution in [-0.2, 0) is 9.84 Å². The molecule has 1 rings (SSSR count). The first kappa shape index (κ1) is 15.1. The Morgan fingerprint density at radius 3 is 2.53 bits per heavy atom. The lowest BCUT2D eigenvalue weighted by Crippen LogP contribution is -2.15. The van der Waals surface area contributed by atoms with E-state index in [1.54, 1.807) is 12.1 Å². The predicted molar refractivity (Wildman–Crippen MR) is 70.7 cm³/mol. The zero-order valence-corrected chi connectivity index (χ0v) is 11.5. The van der Waals surface area contributed by atoms with Crippen molar-refractivity contribution in [2.45, 2.75) is 0 Å². The van der Waals surface area contributed by atoms with Crippen LogP contribution >= 0.6 is 0 Å². The molecule has 0 spiro atoms. The van der Waals surface area contributed by atoms with Crippen LogP contribution in [0.25, 0.3) is 0 Å². The Kier molecular flexibility index (Phi) is 4.99. The van der Waals surface area contributed by atoms with E-state index >= 15 is 0 Å². The topological polar surface area (TPSA) is 111 Å². The Morgan fingerprint density at radius 1 is 1.37 bits per heavy atom. The summed E-state index contributed by atoms with van der Waals surface area (Å²) in [7, 11) is -1.62. The summed E-state index contributed by atoms with van der Waals surface area (Å²) in [4.78, 5) is 0. The molecule has 0 saturated carbocycles. The second-order valence-corrected chi connectivity index (χ2v) is 6.12. The minimum Gasteiger partial charge on any atom is -0.497 e. The third-order valence-corrected chi connectivity index (χ3v) is 3.15. The number of nitrogens with two attached hydrogens (primary N) is 1. The molecule has 0 aliphatic carbocycles. The third kappa shape index (κ3) is 5.04. The number of rotatable bonds is 6. The molecule has 0 atom stereocenters. The Balaban J connectivity index is 2.88. The molecule has 0 aliphatic heterocycles. The van der Waals surface area contributed by atoms with Crippen LogP contribution in [0.15, 0.2) is 23.4 Å². The Bertz CT molecular complexity index is 568. The lowest BCUT2D eigenvalue weighted by molar-refractivity contribution is 0.318. The fraction of sp³-hybridized carbons (Fsp3) is 0.364. The molecule has 0 unspecified atom stereocenters. The van der Waals surface area contributed by atoms with Crippen molar-refractivity contribution in [3.8, 4) is 11.5 Å². The molecular formula is C11H16N2O5S. The number of methoxy groups -OCH3 is 1. The average Bonchev–Trinajstić information content (AvgIpc) is 2.35. The van der Waals surface area contributed by atoms with Gasteiger partial charge in [-0.05, 0) is 12.1 Å². The first-order valence-corrected chi connectivity index (χ1v) is 7.39. The van der Waals surface area contributed by atoms with Crippen molar-refractivity contribution in [1.82, 2.24) is 0 Å². The molecule has 0 aromatic heterocycles. The van der Waals surface area contributed by atoms with Crippen LogP contribution in [0.3, 0.4) is 0 Å². The highest BCUT2D eigenvalue weighted by molar-refractivity contribution is 7.90. The number of amidine groups is 1. The van der Waals surface area contributed by atoms with Crippen LogP contribution in [0.2, 0.25) is 0 Å². The number of oxime groups is 1. The molecule has 0 amide bonds. The molecule has 0 fully saturated rings. The average molecular weight is 288 g/mol. The van der Waals surface area contributed by atoms with E-state index in [1.807, 2.05) is 0 Å². The maximum absolute atomic E-state index is 11.0. The van der Waals surface area contributed by atoms with Crippen LogP contribution < -0.4 is 15.2 Å². The molecule has 0 aliphatic rings. The van der Waals surface area contributed by atoms with Gasteiger partial charge in [-0.2, -0.15) is 0 Å². The molecule has 0 heterocycles. The van der Waals surface area contributed by atoms with Crippen molar-refractivity contribution < 1.29 is 23.1 Å². The minimum absolute atomic E-state index is 0.0155. The van der Waals surface area contributed by atoms with Gasteiger partial charge in [-0.25, -0.2) is 8.42 Å². The smallest absolute Gasteiger partial charge is 0.170 e. The van der Waals surface area contributed by atoms with E-state index in [-0.39, 0.29) is 18.2 Å². The maximum Gasteiger partial charge on any atom is 0.170 e. The normalized spacial score (nSPS) is 12.2. The highest BCUT2D eigenvalue weighted by Gasteiger charge is 2.08. The van der Waals surface area contributed by atoms with Crippen LogP contribution in [0.4, 0.5) is 0 Å². The maximum atomic E-state index is 11.0. The summed E-state index contributed by atoms with van der Waals surface area (Å²) in [6, 6.07) is 4.68. The quantitative estimate of drug-likeness (QED) is 0.335. The van der Waals surface area contributed by atoms with Gasteiger partial charge in [0.2, 0.25) is 0 Å². The van der Waals surface area contributed by atoms with E-state index in [0.29, 0.717) is 17.1 Å². The first-order chi connectivity index (χ1) is 8.85. The molecule has 8 heteroatoms. The second kappa shape index (κ2) is 6.28. The van der Waals surface area contributed by atoms with Gasteiger partial charge in [0, 0.05) is 17.9 Å². The molecule has 106 valence electrons. The molecule has 0 bridgehead atoms. The van der Waals surface area contributed by atoms with Crippen molar-refractivity contribution in [1.29, 1.82) is 0 Å². The molecule has 1 aromatic carbocycles. The number of hydrogen-bond donors (Lipinski definition) is 2. The van der Waals surface area contributed by atoms with Crippen LogP contribution in [0.1, 0.15) is 5.56 Å². The first-order valence-electron chi connectivity index (χ1n) is 5.33. The van der Waals surface area contributed by atoms with E-state index in [1.165, 1.54) is 13.2 Å². The Labute approximate surface area is 111 Å². The number of hydrogen-bond acceptors (Lipinski definition) is 6. The third-order valence-electron chi connectivity index (χ3n) is 2.24. The zero-order valence-electron chi connectivity index (χ0n) is 10.7. The molecule has 0 radical (unpaired) electrons. The fourth-order valence-corrected chi connectivity index (χ4v) is 1.68. The fourth-order valence-electron chi connectivity index (χ4n) is 1.29. The number of nitrogens with zero attached hydrogens (tertiary/aromatic N) is 1. The van der Waals surface area contributed by atoms with Crippen LogP contribution in [-0.4, -0.2) is 45.2 Å². The van der Waals surface area contributed by atoms with Crippen molar-refractivity contribution in [3.63, 3.8) is 0 Å². The van der Waals surface area contributed by atoms with Crippen LogP contribution in [0, 0.1) is 0 Å². The van der Waals surface area contributed by atoms with Gasteiger partial charge in [-0.3, -0.25) is 0 Å². The lowest BCUT2D eigenvalue weighted by atomic mass is 10.2. The number of ether oxygens (including phenoxy) is 2. The summed E-state index contributed by atoms with van der Waals surface area (Å²) in [5, 5.41) is 11.5. The zero-order chi connectivity index (χ0) is 14.5. The van der Waals surface area contributed by atoms with Gasteiger partial charge in [-0.1, -0.05) is 5.16 Å². The Morgan fingerprint density at radius 2 is 2.00 bits per heavy atom. The predicted octanol–water partition coefficient (Wildman–Crippen LogP) is 0.213. The molecule has 1 aromatic rings. The molecular weight excluding hydrogens is 272 g/mol. The number of benzene rings is 1. The second-order valence-electron chi connectivity index (χ2n) is 3.86. The van der Waals surface area contributed by atoms with E-state index < -0.39 is 9.84 Å². The van der Waals surface area contributed by atoms with E-state index in [0.717, 1.165) is 6.26 Å². The monoisotopic (exact) mass is 288 g/mol.